The quantitative estimate of drug-likeness (QED) is 0.0949. The van der Waals surface area contributed by atoms with E-state index in [1.807, 2.05) is 0 Å². The van der Waals surface area contributed by atoms with Crippen molar-refractivity contribution in [1.29, 1.82) is 0 Å². The lowest BCUT2D eigenvalue weighted by molar-refractivity contribution is 0.517. The molecule has 1 aliphatic rings. The van der Waals surface area contributed by atoms with Gasteiger partial charge in [-0.05, 0) is 96.3 Å². The first-order chi connectivity index (χ1) is 36.2. The smallest absolute Gasteiger partial charge is 0.179 e. The minimum atomic E-state index is -2.73. The summed E-state index contributed by atoms with van der Waals surface area (Å²) in [6.07, 6.45) is 5.46. The molecule has 1 aromatic heterocycles. The van der Waals surface area contributed by atoms with Gasteiger partial charge in [-0.15, -0.1) is 0 Å². The molecule has 0 aliphatic heterocycles. The molecule has 2 nitrogen and oxygen atoms in total. The maximum Gasteiger partial charge on any atom is 0.179 e. The van der Waals surface area contributed by atoms with Crippen molar-refractivity contribution in [3.05, 3.63) is 302 Å². The Hall–Kier alpha value is -9.02. The number of anilines is 3. The molecular weight excluding hydrogens is 899 g/mol. The van der Waals surface area contributed by atoms with Crippen LogP contribution in [0.15, 0.2) is 290 Å². The maximum absolute atomic E-state index is 7.19. The van der Waals surface area contributed by atoms with Gasteiger partial charge in [-0.2, -0.15) is 0 Å². The van der Waals surface area contributed by atoms with Crippen molar-refractivity contribution in [2.24, 2.45) is 0 Å². The van der Waals surface area contributed by atoms with Crippen LogP contribution in [0, 0.1) is 0 Å². The van der Waals surface area contributed by atoms with Gasteiger partial charge in [0.1, 0.15) is 11.3 Å². The summed E-state index contributed by atoms with van der Waals surface area (Å²) in [5, 5.41) is 8.96. The molecular formula is C70H51NOSi. The number of furan rings is 1. The monoisotopic (exact) mass is 949 g/mol. The van der Waals surface area contributed by atoms with Gasteiger partial charge in [-0.3, -0.25) is 0 Å². The molecule has 1 heterocycles. The van der Waals surface area contributed by atoms with Crippen LogP contribution in [-0.4, -0.2) is 8.07 Å². The van der Waals surface area contributed by atoms with Crippen LogP contribution in [0.1, 0.15) is 29.2 Å². The Morgan fingerprint density at radius 1 is 0.370 bits per heavy atom. The Balaban J connectivity index is 0.856. The summed E-state index contributed by atoms with van der Waals surface area (Å²) >= 11 is 0. The molecule has 13 rings (SSSR count). The molecule has 3 heteroatoms. The molecule has 0 N–H and O–H groups in total. The van der Waals surface area contributed by atoms with Crippen LogP contribution in [0.2, 0.25) is 0 Å². The zero-order chi connectivity index (χ0) is 48.6. The van der Waals surface area contributed by atoms with Crippen LogP contribution >= 0.6 is 0 Å². The van der Waals surface area contributed by atoms with Gasteiger partial charge in [0, 0.05) is 39.2 Å². The number of hydrogen-bond donors (Lipinski definition) is 0. The number of allylic oxidation sites excluding steroid dienone is 1. The zero-order valence-electron chi connectivity index (χ0n) is 40.4. The van der Waals surface area contributed by atoms with E-state index in [9.17, 15) is 0 Å². The minimum Gasteiger partial charge on any atom is -0.459 e. The van der Waals surface area contributed by atoms with Gasteiger partial charge in [0.15, 0.2) is 8.07 Å². The lowest BCUT2D eigenvalue weighted by atomic mass is 9.85. The van der Waals surface area contributed by atoms with Crippen LogP contribution < -0.4 is 25.6 Å². The van der Waals surface area contributed by atoms with Crippen molar-refractivity contribution in [2.75, 3.05) is 4.90 Å². The molecule has 1 atom stereocenters. The van der Waals surface area contributed by atoms with E-state index in [1.165, 1.54) is 64.9 Å². The number of para-hydroxylation sites is 2. The fourth-order valence-electron chi connectivity index (χ4n) is 11.6. The molecule has 1 aliphatic carbocycles. The maximum atomic E-state index is 7.19. The Bertz CT molecular complexity index is 3810. The van der Waals surface area contributed by atoms with Gasteiger partial charge in [0.05, 0.1) is 5.69 Å². The van der Waals surface area contributed by atoms with E-state index in [0.717, 1.165) is 51.3 Å². The highest BCUT2D eigenvalue weighted by Gasteiger charge is 2.41. The SMILES string of the molecule is C1=Cc2c(oc3c(-c4cccc([Si](c5ccccc5)(c5ccccc5)c5ccccc5)c4)cccc23)C(c2ccc(-c3ccc(N(c4ccccc4)c4ccc(-c5ccccc5)cc4)c4ccccc34)cc2)C1. The van der Waals surface area contributed by atoms with Crippen LogP contribution in [0.3, 0.4) is 0 Å². The van der Waals surface area contributed by atoms with Crippen LogP contribution in [0.4, 0.5) is 17.1 Å². The van der Waals surface area contributed by atoms with Crippen molar-refractivity contribution in [2.45, 2.75) is 12.3 Å². The predicted octanol–water partition coefficient (Wildman–Crippen LogP) is 16.0. The summed E-state index contributed by atoms with van der Waals surface area (Å²) in [6.45, 7) is 0. The molecule has 73 heavy (non-hydrogen) atoms. The molecule has 0 bridgehead atoms. The lowest BCUT2D eigenvalue weighted by Gasteiger charge is -2.34. The zero-order valence-corrected chi connectivity index (χ0v) is 41.4. The van der Waals surface area contributed by atoms with Gasteiger partial charge in [-0.1, -0.05) is 261 Å². The molecule has 11 aromatic carbocycles. The topological polar surface area (TPSA) is 16.4 Å². The van der Waals surface area contributed by atoms with E-state index in [2.05, 4.69) is 296 Å². The number of rotatable bonds is 11. The molecule has 0 spiro atoms. The molecule has 346 valence electrons. The third-order valence-electron chi connectivity index (χ3n) is 15.0. The average Bonchev–Trinajstić information content (AvgIpc) is 3.87. The van der Waals surface area contributed by atoms with Crippen LogP contribution in [0.25, 0.3) is 61.2 Å². The summed E-state index contributed by atoms with van der Waals surface area (Å²) in [7, 11) is -2.73. The van der Waals surface area contributed by atoms with Gasteiger partial charge >= 0.3 is 0 Å². The van der Waals surface area contributed by atoms with Crippen LogP contribution in [0.5, 0.6) is 0 Å². The summed E-state index contributed by atoms with van der Waals surface area (Å²) in [5.74, 6) is 1.12. The second-order valence-electron chi connectivity index (χ2n) is 19.1. The molecule has 0 saturated heterocycles. The first-order valence-electron chi connectivity index (χ1n) is 25.3. The van der Waals surface area contributed by atoms with Gasteiger partial charge in [0.25, 0.3) is 0 Å². The fourth-order valence-corrected chi connectivity index (χ4v) is 16.4. The third-order valence-corrected chi connectivity index (χ3v) is 19.8. The van der Waals surface area contributed by atoms with Crippen molar-refractivity contribution in [3.63, 3.8) is 0 Å². The molecule has 1 unspecified atom stereocenters. The second kappa shape index (κ2) is 19.0. The molecule has 0 saturated carbocycles. The fraction of sp³-hybridized carbons (Fsp3) is 0.0286. The van der Waals surface area contributed by atoms with Crippen molar-refractivity contribution in [1.82, 2.24) is 0 Å². The molecule has 12 aromatic rings. The van der Waals surface area contributed by atoms with Gasteiger partial charge in [-0.25, -0.2) is 0 Å². The summed E-state index contributed by atoms with van der Waals surface area (Å²) in [5.41, 5.74) is 13.8. The Labute approximate surface area is 428 Å². The highest BCUT2D eigenvalue weighted by atomic mass is 28.3. The normalized spacial score (nSPS) is 13.2. The number of benzene rings is 11. The summed E-state index contributed by atoms with van der Waals surface area (Å²) < 4.78 is 7.19. The lowest BCUT2D eigenvalue weighted by Crippen LogP contribution is -2.74. The van der Waals surface area contributed by atoms with E-state index in [0.29, 0.717) is 0 Å². The minimum absolute atomic E-state index is 0.0850. The summed E-state index contributed by atoms with van der Waals surface area (Å²) in [4.78, 5) is 2.38. The summed E-state index contributed by atoms with van der Waals surface area (Å²) in [6, 6.07) is 102. The largest absolute Gasteiger partial charge is 0.459 e. The number of fused-ring (bicyclic) bond motifs is 4. The van der Waals surface area contributed by atoms with E-state index in [-0.39, 0.29) is 5.92 Å². The van der Waals surface area contributed by atoms with Crippen LogP contribution in [-0.2, 0) is 0 Å². The Kier molecular flexibility index (Phi) is 11.4. The number of hydrogen-bond acceptors (Lipinski definition) is 2. The third kappa shape index (κ3) is 7.83. The van der Waals surface area contributed by atoms with E-state index >= 15 is 0 Å². The average molecular weight is 950 g/mol. The Morgan fingerprint density at radius 3 is 1.53 bits per heavy atom. The van der Waals surface area contributed by atoms with Crippen molar-refractivity contribution in [3.8, 4) is 33.4 Å². The molecule has 0 radical (unpaired) electrons. The van der Waals surface area contributed by atoms with Crippen molar-refractivity contribution < 1.29 is 4.42 Å². The van der Waals surface area contributed by atoms with E-state index in [4.69, 9.17) is 4.42 Å². The molecule has 0 fully saturated rings. The predicted molar refractivity (Wildman–Crippen MR) is 310 cm³/mol. The van der Waals surface area contributed by atoms with Gasteiger partial charge in [0.2, 0.25) is 0 Å². The Morgan fingerprint density at radius 2 is 0.877 bits per heavy atom. The highest BCUT2D eigenvalue weighted by molar-refractivity contribution is 7.19. The first-order valence-corrected chi connectivity index (χ1v) is 27.3. The first kappa shape index (κ1) is 44.0. The van der Waals surface area contributed by atoms with Crippen molar-refractivity contribution >= 4 is 73.7 Å². The highest BCUT2D eigenvalue weighted by Crippen LogP contribution is 2.45. The van der Waals surface area contributed by atoms with E-state index in [1.54, 1.807) is 0 Å². The molecule has 0 amide bonds. The second-order valence-corrected chi connectivity index (χ2v) is 22.9. The van der Waals surface area contributed by atoms with Gasteiger partial charge < -0.3 is 9.32 Å². The van der Waals surface area contributed by atoms with E-state index < -0.39 is 8.07 Å². The number of nitrogens with zero attached hydrogens (tertiary/aromatic N) is 1. The standard InChI is InChI=1S/C70H51NOSi/c1-6-21-50(22-7-1)51-43-45-56(46-44-51)71(55-24-8-2-9-25-55)68-48-47-61(64-33-16-17-34-65(64)68)52-39-41-53(42-40-52)62-35-19-37-66-67-38-20-36-63(70(67)72-69(62)66)54-23-18-32-60(49-54)73(57-26-10-3-11-27-57,58-28-12-4-13-29-58)59-30-14-5-15-31-59/h1-34,36-49,62H,35H2.